The number of pyridine rings is 1. The molecule has 3 heterocycles. The molecule has 4 rings (SSSR count). The first-order valence-electron chi connectivity index (χ1n) is 10.8. The van der Waals surface area contributed by atoms with Gasteiger partial charge in [0.1, 0.15) is 22.2 Å². The molecule has 2 saturated heterocycles. The number of thioether (sulfide) groups is 1. The number of nitriles is 1. The third-order valence-corrected chi connectivity index (χ3v) is 7.77. The van der Waals surface area contributed by atoms with Gasteiger partial charge >= 0.3 is 0 Å². The van der Waals surface area contributed by atoms with E-state index >= 15 is 0 Å². The number of anilines is 1. The van der Waals surface area contributed by atoms with E-state index in [1.54, 1.807) is 0 Å². The maximum Gasteiger partial charge on any atom is 0.235 e. The first kappa shape index (κ1) is 22.1. The van der Waals surface area contributed by atoms with Gasteiger partial charge in [-0.25, -0.2) is 9.83 Å². The normalized spacial score (nSPS) is 17.8. The minimum Gasteiger partial charge on any atom is -0.368 e. The van der Waals surface area contributed by atoms with Gasteiger partial charge in [0.05, 0.1) is 12.1 Å². The number of benzene rings is 1. The van der Waals surface area contributed by atoms with Gasteiger partial charge in [-0.3, -0.25) is 4.79 Å². The number of carbonyl (C=O) groups excluding carboxylic acids is 1. The van der Waals surface area contributed by atoms with Crippen molar-refractivity contribution < 1.29 is 4.79 Å². The van der Waals surface area contributed by atoms with Gasteiger partial charge in [-0.2, -0.15) is 5.26 Å². The summed E-state index contributed by atoms with van der Waals surface area (Å²) in [6, 6.07) is 11.5. The monoisotopic (exact) mass is 446 g/mol. The van der Waals surface area contributed by atoms with Crippen molar-refractivity contribution in [2.75, 3.05) is 31.1 Å². The number of piperidine rings is 1. The SMILES string of the molecule is [C-]#[N+]c1c(N2CCC3(CC2)CNC3)nc(SC(C(N)=O)c2ccccc2)c(C#N)c1CC. The molecule has 1 aromatic heterocycles. The fourth-order valence-corrected chi connectivity index (χ4v) is 5.58. The fourth-order valence-electron chi connectivity index (χ4n) is 4.53. The number of hydrogen-bond acceptors (Lipinski definition) is 6. The zero-order chi connectivity index (χ0) is 22.7. The Bertz CT molecular complexity index is 1090. The second-order valence-electron chi connectivity index (χ2n) is 8.42. The van der Waals surface area contributed by atoms with Crippen LogP contribution in [0.25, 0.3) is 4.85 Å². The largest absolute Gasteiger partial charge is 0.368 e. The average molecular weight is 447 g/mol. The van der Waals surface area contributed by atoms with Crippen molar-refractivity contribution >= 4 is 29.2 Å². The molecule has 0 radical (unpaired) electrons. The lowest BCUT2D eigenvalue weighted by molar-refractivity contribution is -0.117. The summed E-state index contributed by atoms with van der Waals surface area (Å²) in [6.45, 7) is 13.5. The molecule has 0 saturated carbocycles. The lowest BCUT2D eigenvalue weighted by Crippen LogP contribution is -2.58. The van der Waals surface area contributed by atoms with Crippen molar-refractivity contribution in [3.05, 3.63) is 58.4 Å². The van der Waals surface area contributed by atoms with Gasteiger partial charge in [-0.1, -0.05) is 49.0 Å². The fraction of sp³-hybridized carbons (Fsp3) is 0.417. The molecule has 7 nitrogen and oxygen atoms in total. The van der Waals surface area contributed by atoms with Gasteiger partial charge in [0.25, 0.3) is 0 Å². The molecular formula is C24H26N6OS. The third-order valence-electron chi connectivity index (χ3n) is 6.51. The average Bonchev–Trinajstić information content (AvgIpc) is 2.80. The maximum atomic E-state index is 12.3. The predicted octanol–water partition coefficient (Wildman–Crippen LogP) is 3.57. The summed E-state index contributed by atoms with van der Waals surface area (Å²) in [4.78, 5) is 23.1. The van der Waals surface area contributed by atoms with Gasteiger partial charge in [-0.05, 0) is 35.8 Å². The topological polar surface area (TPSA) is 99.4 Å². The van der Waals surface area contributed by atoms with E-state index in [0.29, 0.717) is 39.5 Å². The Kier molecular flexibility index (Phi) is 6.36. The van der Waals surface area contributed by atoms with Gasteiger partial charge in [-0.15, -0.1) is 0 Å². The van der Waals surface area contributed by atoms with Crippen LogP contribution in [0.5, 0.6) is 0 Å². The molecule has 0 aliphatic carbocycles. The molecule has 2 aliphatic rings. The molecule has 32 heavy (non-hydrogen) atoms. The second-order valence-corrected chi connectivity index (χ2v) is 9.52. The Morgan fingerprint density at radius 1 is 1.38 bits per heavy atom. The van der Waals surface area contributed by atoms with Crippen LogP contribution >= 0.6 is 11.8 Å². The number of primary amides is 1. The molecule has 1 aromatic carbocycles. The van der Waals surface area contributed by atoms with Crippen LogP contribution in [0.4, 0.5) is 11.5 Å². The molecule has 1 unspecified atom stereocenters. The predicted molar refractivity (Wildman–Crippen MR) is 126 cm³/mol. The maximum absolute atomic E-state index is 12.3. The summed E-state index contributed by atoms with van der Waals surface area (Å²) < 4.78 is 0. The highest BCUT2D eigenvalue weighted by Gasteiger charge is 2.40. The van der Waals surface area contributed by atoms with Crippen molar-refractivity contribution in [1.29, 1.82) is 5.26 Å². The van der Waals surface area contributed by atoms with Crippen molar-refractivity contribution in [2.45, 2.75) is 36.5 Å². The molecule has 1 atom stereocenters. The molecular weight excluding hydrogens is 420 g/mol. The first-order valence-corrected chi connectivity index (χ1v) is 11.7. The van der Waals surface area contributed by atoms with Gasteiger partial charge in [0, 0.05) is 26.2 Å². The molecule has 2 fully saturated rings. The highest BCUT2D eigenvalue weighted by Crippen LogP contribution is 2.44. The summed E-state index contributed by atoms with van der Waals surface area (Å²) in [5.74, 6) is 0.134. The lowest BCUT2D eigenvalue weighted by atomic mass is 9.73. The molecule has 2 aliphatic heterocycles. The van der Waals surface area contributed by atoms with E-state index in [2.05, 4.69) is 21.1 Å². The van der Waals surface area contributed by atoms with Crippen molar-refractivity contribution in [3.8, 4) is 6.07 Å². The van der Waals surface area contributed by atoms with E-state index in [9.17, 15) is 10.1 Å². The van der Waals surface area contributed by atoms with Crippen LogP contribution in [0.1, 0.15) is 41.7 Å². The summed E-state index contributed by atoms with van der Waals surface area (Å²) >= 11 is 1.20. The zero-order valence-corrected chi connectivity index (χ0v) is 18.9. The van der Waals surface area contributed by atoms with Gasteiger partial charge < -0.3 is 16.0 Å². The molecule has 1 spiro atoms. The number of nitrogens with zero attached hydrogens (tertiary/aromatic N) is 4. The van der Waals surface area contributed by atoms with Crippen LogP contribution in [0.15, 0.2) is 35.4 Å². The van der Waals surface area contributed by atoms with Crippen LogP contribution in [-0.2, 0) is 11.2 Å². The molecule has 164 valence electrons. The van der Waals surface area contributed by atoms with E-state index in [1.807, 2.05) is 37.3 Å². The summed E-state index contributed by atoms with van der Waals surface area (Å²) in [6.07, 6.45) is 2.64. The van der Waals surface area contributed by atoms with Crippen LogP contribution in [0.3, 0.4) is 0 Å². The van der Waals surface area contributed by atoms with Gasteiger partial charge in [0.15, 0.2) is 0 Å². The van der Waals surface area contributed by atoms with E-state index in [1.165, 1.54) is 11.8 Å². The summed E-state index contributed by atoms with van der Waals surface area (Å²) in [5.41, 5.74) is 8.38. The van der Waals surface area contributed by atoms with Crippen molar-refractivity contribution in [3.63, 3.8) is 0 Å². The van der Waals surface area contributed by atoms with E-state index in [4.69, 9.17) is 17.3 Å². The number of nitrogens with two attached hydrogens (primary N) is 1. The first-order chi connectivity index (χ1) is 15.5. The second kappa shape index (κ2) is 9.20. The smallest absolute Gasteiger partial charge is 0.235 e. The number of aromatic nitrogens is 1. The molecule has 3 N–H and O–H groups in total. The number of carbonyl (C=O) groups is 1. The van der Waals surface area contributed by atoms with Crippen LogP contribution in [0, 0.1) is 23.3 Å². The van der Waals surface area contributed by atoms with Crippen LogP contribution < -0.4 is 16.0 Å². The lowest BCUT2D eigenvalue weighted by Gasteiger charge is -2.48. The molecule has 1 amide bonds. The minimum absolute atomic E-state index is 0.367. The minimum atomic E-state index is -0.669. The third kappa shape index (κ3) is 4.04. The zero-order valence-electron chi connectivity index (χ0n) is 18.1. The number of rotatable bonds is 6. The van der Waals surface area contributed by atoms with E-state index in [0.717, 1.165) is 44.6 Å². The van der Waals surface area contributed by atoms with E-state index in [-0.39, 0.29) is 0 Å². The Labute approximate surface area is 192 Å². The van der Waals surface area contributed by atoms with Crippen LogP contribution in [-0.4, -0.2) is 37.1 Å². The van der Waals surface area contributed by atoms with Gasteiger partial charge in [0.2, 0.25) is 11.6 Å². The highest BCUT2D eigenvalue weighted by molar-refractivity contribution is 8.00. The number of amides is 1. The van der Waals surface area contributed by atoms with Crippen molar-refractivity contribution in [1.82, 2.24) is 10.3 Å². The molecule has 8 heteroatoms. The Morgan fingerprint density at radius 3 is 2.56 bits per heavy atom. The molecule has 2 aromatic rings. The standard InChI is InChI=1S/C24H26N6OS/c1-3-17-18(13-25)23(32-20(21(26)31)16-7-5-4-6-8-16)29-22(19(17)27-2)30-11-9-24(10-12-30)14-28-15-24/h4-8,20,28H,3,9-12,14-15H2,1H3,(H2,26,31). The highest BCUT2D eigenvalue weighted by atomic mass is 32.2. The number of hydrogen-bond donors (Lipinski definition) is 2. The quantitative estimate of drug-likeness (QED) is 0.520. The van der Waals surface area contributed by atoms with Crippen LogP contribution in [0.2, 0.25) is 0 Å². The number of nitrogens with one attached hydrogen (secondary N) is 1. The summed E-state index contributed by atoms with van der Waals surface area (Å²) in [5, 5.41) is 13.1. The van der Waals surface area contributed by atoms with Crippen molar-refractivity contribution in [2.24, 2.45) is 11.1 Å². The van der Waals surface area contributed by atoms with E-state index < -0.39 is 11.2 Å². The Balaban J connectivity index is 1.75. The Morgan fingerprint density at radius 2 is 2.06 bits per heavy atom. The molecule has 0 bridgehead atoms. The Hall–Kier alpha value is -3.07. The summed E-state index contributed by atoms with van der Waals surface area (Å²) in [7, 11) is 0.